The highest BCUT2D eigenvalue weighted by molar-refractivity contribution is 5.77. The second kappa shape index (κ2) is 5.51. The van der Waals surface area contributed by atoms with E-state index < -0.39 is 41.3 Å². The van der Waals surface area contributed by atoms with Gasteiger partial charge in [0.15, 0.2) is 0 Å². The van der Waals surface area contributed by atoms with Crippen LogP contribution in [0.4, 0.5) is 26.3 Å². The molecule has 3 aliphatic rings. The molecule has 3 rings (SSSR count). The number of piperidine rings is 1. The normalized spacial score (nSPS) is 33.8. The quantitative estimate of drug-likeness (QED) is 0.446. The zero-order valence-electron chi connectivity index (χ0n) is 13.9. The van der Waals surface area contributed by atoms with Gasteiger partial charge in [-0.3, -0.25) is 4.79 Å². The Hall–Kier alpha value is -1.47. The van der Waals surface area contributed by atoms with Gasteiger partial charge in [0.1, 0.15) is 0 Å². The Bertz CT molecular complexity index is 659. The average Bonchev–Trinajstić information content (AvgIpc) is 2.48. The van der Waals surface area contributed by atoms with Crippen LogP contribution in [-0.2, 0) is 4.79 Å². The fourth-order valence-electron chi connectivity index (χ4n) is 4.88. The topological polar surface area (TPSA) is 20.3 Å². The average molecular weight is 367 g/mol. The summed E-state index contributed by atoms with van der Waals surface area (Å²) >= 11 is 0. The zero-order chi connectivity index (χ0) is 18.8. The van der Waals surface area contributed by atoms with E-state index in [0.29, 0.717) is 12.0 Å². The summed E-state index contributed by atoms with van der Waals surface area (Å²) in [6.07, 6.45) is -8.63. The third kappa shape index (κ3) is 2.77. The van der Waals surface area contributed by atoms with Gasteiger partial charge in [-0.05, 0) is 25.7 Å². The first kappa shape index (κ1) is 18.3. The molecule has 0 aromatic carbocycles. The van der Waals surface area contributed by atoms with Gasteiger partial charge in [-0.2, -0.15) is 26.3 Å². The molecule has 0 aromatic rings. The molecule has 2 fully saturated rings. The molecule has 0 radical (unpaired) electrons. The van der Waals surface area contributed by atoms with Crippen LogP contribution in [0.25, 0.3) is 0 Å². The lowest BCUT2D eigenvalue weighted by Gasteiger charge is -2.54. The van der Waals surface area contributed by atoms with Crippen molar-refractivity contribution in [3.63, 3.8) is 0 Å². The monoisotopic (exact) mass is 367 g/mol. The number of rotatable bonds is 0. The second-order valence-corrected chi connectivity index (χ2v) is 7.32. The van der Waals surface area contributed by atoms with Gasteiger partial charge in [0.2, 0.25) is 5.91 Å². The van der Waals surface area contributed by atoms with Crippen LogP contribution in [0.2, 0.25) is 0 Å². The number of fused-ring (bicyclic) bond motifs is 3. The molecule has 2 nitrogen and oxygen atoms in total. The van der Waals surface area contributed by atoms with Crippen molar-refractivity contribution in [2.45, 2.75) is 57.4 Å². The predicted molar refractivity (Wildman–Crippen MR) is 78.5 cm³/mol. The Morgan fingerprint density at radius 3 is 2.32 bits per heavy atom. The molecule has 25 heavy (non-hydrogen) atoms. The molecule has 0 spiro atoms. The van der Waals surface area contributed by atoms with E-state index in [1.807, 2.05) is 0 Å². The number of hydrogen-bond donors (Lipinski definition) is 0. The fraction of sp³-hybridized carbons (Fsp3) is 0.706. The van der Waals surface area contributed by atoms with E-state index in [1.54, 1.807) is 18.9 Å². The van der Waals surface area contributed by atoms with E-state index in [9.17, 15) is 31.1 Å². The summed E-state index contributed by atoms with van der Waals surface area (Å²) in [5.74, 6) is -1.34. The molecule has 0 N–H and O–H groups in total. The highest BCUT2D eigenvalue weighted by Gasteiger charge is 2.57. The SMILES string of the molecule is CN1C(=O)CC[C@]2(C)C3=CCC(C(F)(F)F)=C(C(F)(F)F)C3CC[C@@H]12. The maximum Gasteiger partial charge on any atom is 0.413 e. The van der Waals surface area contributed by atoms with Gasteiger partial charge in [-0.25, -0.2) is 0 Å². The molecular weight excluding hydrogens is 348 g/mol. The summed E-state index contributed by atoms with van der Waals surface area (Å²) in [7, 11) is 1.62. The van der Waals surface area contributed by atoms with Crippen molar-refractivity contribution in [1.29, 1.82) is 0 Å². The molecule has 1 unspecified atom stereocenters. The van der Waals surface area contributed by atoms with Gasteiger partial charge in [0, 0.05) is 42.0 Å². The Labute approximate surface area is 141 Å². The van der Waals surface area contributed by atoms with Crippen LogP contribution in [0.3, 0.4) is 0 Å². The molecule has 1 heterocycles. The van der Waals surface area contributed by atoms with E-state index in [1.165, 1.54) is 6.08 Å². The Kier molecular flexibility index (Phi) is 4.04. The minimum atomic E-state index is -5.02. The number of alkyl halides is 6. The van der Waals surface area contributed by atoms with Crippen LogP contribution >= 0.6 is 0 Å². The maximum absolute atomic E-state index is 13.5. The summed E-state index contributed by atoms with van der Waals surface area (Å²) < 4.78 is 80.1. The standard InChI is InChI=1S/C17H19F6NO/c1-15-8-7-13(25)24(2)12(15)6-3-9-10(15)4-5-11(16(18,19)20)14(9)17(21,22)23/h4,9,12H,3,5-8H2,1-2H3/t9?,12-,15-/m1/s1. The Balaban J connectivity index is 2.07. The fourth-order valence-corrected chi connectivity index (χ4v) is 4.88. The number of nitrogens with zero attached hydrogens (tertiary/aromatic N) is 1. The highest BCUT2D eigenvalue weighted by atomic mass is 19.4. The number of amides is 1. The first-order valence-corrected chi connectivity index (χ1v) is 8.21. The van der Waals surface area contributed by atoms with Crippen molar-refractivity contribution in [3.8, 4) is 0 Å². The van der Waals surface area contributed by atoms with Crippen LogP contribution < -0.4 is 0 Å². The minimum Gasteiger partial charge on any atom is -0.342 e. The van der Waals surface area contributed by atoms with Gasteiger partial charge >= 0.3 is 12.4 Å². The van der Waals surface area contributed by atoms with Crippen molar-refractivity contribution >= 4 is 5.91 Å². The second-order valence-electron chi connectivity index (χ2n) is 7.32. The van der Waals surface area contributed by atoms with E-state index in [-0.39, 0.29) is 31.2 Å². The number of carbonyl (C=O) groups is 1. The number of halogens is 6. The highest BCUT2D eigenvalue weighted by Crippen LogP contribution is 2.58. The number of allylic oxidation sites excluding steroid dienone is 3. The molecule has 2 aliphatic carbocycles. The van der Waals surface area contributed by atoms with Gasteiger partial charge in [0.25, 0.3) is 0 Å². The predicted octanol–water partition coefficient (Wildman–Crippen LogP) is 4.77. The van der Waals surface area contributed by atoms with Crippen molar-refractivity contribution in [2.75, 3.05) is 7.05 Å². The van der Waals surface area contributed by atoms with E-state index in [2.05, 4.69) is 0 Å². The van der Waals surface area contributed by atoms with Crippen LogP contribution in [0.5, 0.6) is 0 Å². The first-order chi connectivity index (χ1) is 11.4. The Morgan fingerprint density at radius 2 is 1.76 bits per heavy atom. The third-order valence-electron chi connectivity index (χ3n) is 6.07. The molecule has 3 atom stereocenters. The number of carbonyl (C=O) groups excluding carboxylic acids is 1. The van der Waals surface area contributed by atoms with Crippen molar-refractivity contribution in [1.82, 2.24) is 4.90 Å². The first-order valence-electron chi connectivity index (χ1n) is 8.21. The lowest BCUT2D eigenvalue weighted by Crippen LogP contribution is -2.56. The zero-order valence-corrected chi connectivity index (χ0v) is 13.9. The van der Waals surface area contributed by atoms with Gasteiger partial charge in [0.05, 0.1) is 0 Å². The number of likely N-dealkylation sites (tertiary alicyclic amines) is 1. The molecule has 1 saturated heterocycles. The molecule has 1 amide bonds. The lowest BCUT2D eigenvalue weighted by molar-refractivity contribution is -0.142. The summed E-state index contributed by atoms with van der Waals surface area (Å²) in [6, 6.07) is -0.266. The largest absolute Gasteiger partial charge is 0.413 e. The van der Waals surface area contributed by atoms with E-state index >= 15 is 0 Å². The lowest BCUT2D eigenvalue weighted by atomic mass is 9.56. The summed E-state index contributed by atoms with van der Waals surface area (Å²) in [4.78, 5) is 13.5. The minimum absolute atomic E-state index is 0.0296. The van der Waals surface area contributed by atoms with Crippen molar-refractivity contribution in [2.24, 2.45) is 11.3 Å². The molecular formula is C17H19F6NO. The van der Waals surface area contributed by atoms with Crippen molar-refractivity contribution < 1.29 is 31.1 Å². The molecule has 1 saturated carbocycles. The molecule has 0 aromatic heterocycles. The summed E-state index contributed by atoms with van der Waals surface area (Å²) in [6.45, 7) is 1.78. The maximum atomic E-state index is 13.5. The van der Waals surface area contributed by atoms with Crippen LogP contribution in [0, 0.1) is 11.3 Å². The van der Waals surface area contributed by atoms with E-state index in [4.69, 9.17) is 0 Å². The van der Waals surface area contributed by atoms with Crippen LogP contribution in [-0.4, -0.2) is 36.2 Å². The molecule has 1 aliphatic heterocycles. The Morgan fingerprint density at radius 1 is 1.12 bits per heavy atom. The van der Waals surface area contributed by atoms with Crippen LogP contribution in [0.1, 0.15) is 39.0 Å². The van der Waals surface area contributed by atoms with Gasteiger partial charge < -0.3 is 4.90 Å². The molecule has 8 heteroatoms. The molecule has 0 bridgehead atoms. The number of hydrogen-bond acceptors (Lipinski definition) is 1. The summed E-state index contributed by atoms with van der Waals surface area (Å²) in [5.41, 5.74) is -3.20. The van der Waals surface area contributed by atoms with Crippen molar-refractivity contribution in [3.05, 3.63) is 22.8 Å². The van der Waals surface area contributed by atoms with Crippen LogP contribution in [0.15, 0.2) is 22.8 Å². The summed E-state index contributed by atoms with van der Waals surface area (Å²) in [5, 5.41) is 0. The van der Waals surface area contributed by atoms with E-state index in [0.717, 1.165) is 0 Å². The van der Waals surface area contributed by atoms with Gasteiger partial charge in [-0.1, -0.05) is 18.6 Å². The smallest absolute Gasteiger partial charge is 0.342 e. The third-order valence-corrected chi connectivity index (χ3v) is 6.07. The molecule has 140 valence electrons. The van der Waals surface area contributed by atoms with Gasteiger partial charge in [-0.15, -0.1) is 0 Å².